The minimum Gasteiger partial charge on any atom is -0.497 e. The molecule has 0 heterocycles. The summed E-state index contributed by atoms with van der Waals surface area (Å²) in [6, 6.07) is 14.8. The highest BCUT2D eigenvalue weighted by molar-refractivity contribution is 5.85. The Morgan fingerprint density at radius 2 is 1.80 bits per heavy atom. The molecule has 2 unspecified atom stereocenters. The summed E-state index contributed by atoms with van der Waals surface area (Å²) >= 11 is 0. The molecule has 0 bridgehead atoms. The van der Waals surface area contributed by atoms with E-state index in [1.165, 1.54) is 0 Å². The number of ether oxygens (including phenoxy) is 2. The van der Waals surface area contributed by atoms with Crippen molar-refractivity contribution in [2.45, 2.75) is 19.5 Å². The molecule has 0 aliphatic rings. The van der Waals surface area contributed by atoms with Crippen molar-refractivity contribution in [2.75, 3.05) is 14.2 Å². The Balaban J connectivity index is 0.00000312. The first kappa shape index (κ1) is 20.8. The monoisotopic (exact) mass is 364 g/mol. The standard InChI is InChI=1S/C19H24N2O3.ClH/c1-13(18(20)14-7-5-4-6-8-14)19(22)21-12-15-9-10-16(23-2)11-17(15)24-3;/h4-11,13,18H,12,20H2,1-3H3,(H,21,22);1H. The molecule has 0 spiro atoms. The molecule has 2 aromatic rings. The van der Waals surface area contributed by atoms with Gasteiger partial charge < -0.3 is 20.5 Å². The lowest BCUT2D eigenvalue weighted by atomic mass is 9.94. The van der Waals surface area contributed by atoms with Crippen molar-refractivity contribution < 1.29 is 14.3 Å². The van der Waals surface area contributed by atoms with E-state index in [0.29, 0.717) is 18.0 Å². The van der Waals surface area contributed by atoms with Crippen molar-refractivity contribution >= 4 is 18.3 Å². The van der Waals surface area contributed by atoms with Crippen LogP contribution in [0.15, 0.2) is 48.5 Å². The maximum Gasteiger partial charge on any atom is 0.225 e. The summed E-state index contributed by atoms with van der Waals surface area (Å²) in [5.74, 6) is 0.955. The third-order valence-electron chi connectivity index (χ3n) is 4.08. The van der Waals surface area contributed by atoms with Crippen molar-refractivity contribution in [3.63, 3.8) is 0 Å². The Kier molecular flexibility index (Phi) is 8.25. The van der Waals surface area contributed by atoms with Gasteiger partial charge in [-0.05, 0) is 17.7 Å². The zero-order valence-corrected chi connectivity index (χ0v) is 15.5. The molecule has 2 rings (SSSR count). The van der Waals surface area contributed by atoms with Gasteiger partial charge in [-0.3, -0.25) is 4.79 Å². The zero-order chi connectivity index (χ0) is 17.5. The van der Waals surface area contributed by atoms with Crippen LogP contribution in [0.25, 0.3) is 0 Å². The van der Waals surface area contributed by atoms with Crippen molar-refractivity contribution in [2.24, 2.45) is 11.7 Å². The molecule has 2 atom stereocenters. The number of halogens is 1. The van der Waals surface area contributed by atoms with Crippen molar-refractivity contribution in [1.82, 2.24) is 5.32 Å². The molecule has 1 amide bonds. The van der Waals surface area contributed by atoms with Crippen LogP contribution < -0.4 is 20.5 Å². The number of nitrogens with one attached hydrogen (secondary N) is 1. The van der Waals surface area contributed by atoms with E-state index in [2.05, 4.69) is 5.32 Å². The van der Waals surface area contributed by atoms with Gasteiger partial charge in [-0.15, -0.1) is 12.4 Å². The summed E-state index contributed by atoms with van der Waals surface area (Å²) in [5.41, 5.74) is 8.03. The van der Waals surface area contributed by atoms with Gasteiger partial charge in [-0.2, -0.15) is 0 Å². The average Bonchev–Trinajstić information content (AvgIpc) is 2.65. The van der Waals surface area contributed by atoms with Gasteiger partial charge >= 0.3 is 0 Å². The smallest absolute Gasteiger partial charge is 0.225 e. The van der Waals surface area contributed by atoms with E-state index < -0.39 is 0 Å². The third kappa shape index (κ3) is 5.37. The summed E-state index contributed by atoms with van der Waals surface area (Å²) in [5, 5.41) is 2.92. The number of methoxy groups -OCH3 is 2. The predicted molar refractivity (Wildman–Crippen MR) is 101 cm³/mol. The van der Waals surface area contributed by atoms with Gasteiger partial charge in [-0.25, -0.2) is 0 Å². The van der Waals surface area contributed by atoms with Crippen LogP contribution in [-0.2, 0) is 11.3 Å². The quantitative estimate of drug-likeness (QED) is 0.791. The molecule has 0 radical (unpaired) electrons. The number of benzene rings is 2. The van der Waals surface area contributed by atoms with E-state index in [1.807, 2.05) is 49.4 Å². The molecule has 25 heavy (non-hydrogen) atoms. The fourth-order valence-corrected chi connectivity index (χ4v) is 2.47. The summed E-state index contributed by atoms with van der Waals surface area (Å²) < 4.78 is 10.5. The molecule has 0 saturated heterocycles. The highest BCUT2D eigenvalue weighted by Gasteiger charge is 2.22. The Morgan fingerprint density at radius 3 is 2.40 bits per heavy atom. The van der Waals surface area contributed by atoms with Crippen molar-refractivity contribution in [1.29, 1.82) is 0 Å². The number of carbonyl (C=O) groups is 1. The van der Waals surface area contributed by atoms with E-state index in [9.17, 15) is 4.79 Å². The molecule has 0 saturated carbocycles. The molecule has 0 aliphatic carbocycles. The maximum absolute atomic E-state index is 12.4. The second kappa shape index (κ2) is 9.91. The molecule has 0 aliphatic heterocycles. The van der Waals surface area contributed by atoms with Crippen LogP contribution >= 0.6 is 12.4 Å². The molecule has 5 nitrogen and oxygen atoms in total. The second-order valence-electron chi connectivity index (χ2n) is 5.62. The SMILES string of the molecule is COc1ccc(CNC(=O)C(C)C(N)c2ccccc2)c(OC)c1.Cl. The largest absolute Gasteiger partial charge is 0.497 e. The average molecular weight is 365 g/mol. The highest BCUT2D eigenvalue weighted by atomic mass is 35.5. The van der Waals surface area contributed by atoms with Gasteiger partial charge in [0.05, 0.1) is 20.1 Å². The Labute approximate surface area is 154 Å². The van der Waals surface area contributed by atoms with Crippen LogP contribution in [0.2, 0.25) is 0 Å². The van der Waals surface area contributed by atoms with Crippen molar-refractivity contribution in [3.05, 3.63) is 59.7 Å². The number of hydrogen-bond acceptors (Lipinski definition) is 4. The van der Waals surface area contributed by atoms with Crippen LogP contribution in [0, 0.1) is 5.92 Å². The van der Waals surface area contributed by atoms with E-state index in [-0.39, 0.29) is 30.3 Å². The molecule has 2 aromatic carbocycles. The number of amides is 1. The maximum atomic E-state index is 12.4. The van der Waals surface area contributed by atoms with Crippen LogP contribution in [0.1, 0.15) is 24.1 Å². The highest BCUT2D eigenvalue weighted by Crippen LogP contribution is 2.25. The Bertz CT molecular complexity index is 680. The van der Waals surface area contributed by atoms with Crippen LogP contribution in [-0.4, -0.2) is 20.1 Å². The molecular weight excluding hydrogens is 340 g/mol. The minimum absolute atomic E-state index is 0. The summed E-state index contributed by atoms with van der Waals surface area (Å²) in [6.07, 6.45) is 0. The van der Waals surface area contributed by atoms with E-state index in [0.717, 1.165) is 11.1 Å². The summed E-state index contributed by atoms with van der Waals surface area (Å²) in [4.78, 5) is 12.4. The number of rotatable bonds is 7. The van der Waals surface area contributed by atoms with E-state index in [4.69, 9.17) is 15.2 Å². The summed E-state index contributed by atoms with van der Waals surface area (Å²) in [7, 11) is 3.19. The van der Waals surface area contributed by atoms with Gasteiger partial charge in [-0.1, -0.05) is 37.3 Å². The third-order valence-corrected chi connectivity index (χ3v) is 4.08. The van der Waals surface area contributed by atoms with Crippen LogP contribution in [0.4, 0.5) is 0 Å². The normalized spacial score (nSPS) is 12.5. The number of nitrogens with two attached hydrogens (primary N) is 1. The lowest BCUT2D eigenvalue weighted by Gasteiger charge is -2.20. The molecular formula is C19H25ClN2O3. The van der Waals surface area contributed by atoms with Gasteiger partial charge in [0.15, 0.2) is 0 Å². The number of hydrogen-bond donors (Lipinski definition) is 2. The Hall–Kier alpha value is -2.24. The first-order chi connectivity index (χ1) is 11.6. The second-order valence-corrected chi connectivity index (χ2v) is 5.62. The topological polar surface area (TPSA) is 73.6 Å². The first-order valence-electron chi connectivity index (χ1n) is 7.86. The lowest BCUT2D eigenvalue weighted by molar-refractivity contribution is -0.125. The predicted octanol–water partition coefficient (Wildman–Crippen LogP) is 3.08. The van der Waals surface area contributed by atoms with Gasteiger partial charge in [0.25, 0.3) is 0 Å². The van der Waals surface area contributed by atoms with Gasteiger partial charge in [0.1, 0.15) is 11.5 Å². The van der Waals surface area contributed by atoms with Gasteiger partial charge in [0.2, 0.25) is 5.91 Å². The minimum atomic E-state index is -0.344. The van der Waals surface area contributed by atoms with Gasteiger partial charge in [0, 0.05) is 24.2 Å². The van der Waals surface area contributed by atoms with E-state index >= 15 is 0 Å². The fourth-order valence-electron chi connectivity index (χ4n) is 2.47. The molecule has 0 aromatic heterocycles. The molecule has 6 heteroatoms. The van der Waals surface area contributed by atoms with Crippen LogP contribution in [0.5, 0.6) is 11.5 Å². The van der Waals surface area contributed by atoms with Crippen molar-refractivity contribution in [3.8, 4) is 11.5 Å². The molecule has 0 fully saturated rings. The zero-order valence-electron chi connectivity index (χ0n) is 14.7. The van der Waals surface area contributed by atoms with Crippen LogP contribution in [0.3, 0.4) is 0 Å². The lowest BCUT2D eigenvalue weighted by Crippen LogP contribution is -2.35. The van der Waals surface area contributed by atoms with E-state index in [1.54, 1.807) is 20.3 Å². The first-order valence-corrected chi connectivity index (χ1v) is 7.86. The Morgan fingerprint density at radius 1 is 1.12 bits per heavy atom. The molecule has 3 N–H and O–H groups in total. The fraction of sp³-hybridized carbons (Fsp3) is 0.316. The summed E-state index contributed by atoms with van der Waals surface area (Å²) in [6.45, 7) is 2.20. The molecule has 136 valence electrons. The number of carbonyl (C=O) groups excluding carboxylic acids is 1.